The van der Waals surface area contributed by atoms with E-state index in [1.165, 1.54) is 10.6 Å². The Morgan fingerprint density at radius 3 is 2.51 bits per heavy atom. The molecule has 0 unspecified atom stereocenters. The summed E-state index contributed by atoms with van der Waals surface area (Å²) in [7, 11) is -1.48. The van der Waals surface area contributed by atoms with Gasteiger partial charge in [0.2, 0.25) is 10.0 Å². The van der Waals surface area contributed by atoms with Gasteiger partial charge in [0, 0.05) is 54.2 Å². The molecule has 1 N–H and O–H groups in total. The van der Waals surface area contributed by atoms with E-state index in [2.05, 4.69) is 15.2 Å². The fourth-order valence-corrected chi connectivity index (χ4v) is 5.80. The molecule has 0 radical (unpaired) electrons. The number of anilines is 2. The summed E-state index contributed by atoms with van der Waals surface area (Å²) in [6, 6.07) is 9.35. The van der Waals surface area contributed by atoms with Gasteiger partial charge in [-0.25, -0.2) is 17.7 Å². The molecule has 1 amide bonds. The zero-order valence-electron chi connectivity index (χ0n) is 20.4. The number of fused-ring (bicyclic) bond motifs is 1. The van der Waals surface area contributed by atoms with Crippen molar-refractivity contribution in [3.63, 3.8) is 0 Å². The summed E-state index contributed by atoms with van der Waals surface area (Å²) in [6.07, 6.45) is 7.23. The average molecular weight is 520 g/mol. The number of nitrogens with one attached hydrogen (secondary N) is 1. The maximum atomic E-state index is 13.4. The van der Waals surface area contributed by atoms with Crippen molar-refractivity contribution in [3.8, 4) is 0 Å². The Labute approximate surface area is 213 Å². The highest BCUT2D eigenvalue weighted by molar-refractivity contribution is 7.88. The van der Waals surface area contributed by atoms with E-state index in [1.54, 1.807) is 13.2 Å². The molecule has 1 saturated heterocycles. The van der Waals surface area contributed by atoms with Crippen LogP contribution in [0.1, 0.15) is 41.6 Å². The lowest BCUT2D eigenvalue weighted by molar-refractivity contribution is 0.0749. The minimum atomic E-state index is -3.15. The number of halogens is 1. The number of sulfonamides is 1. The summed E-state index contributed by atoms with van der Waals surface area (Å²) in [4.78, 5) is 22.2. The number of amides is 1. The van der Waals surface area contributed by atoms with Gasteiger partial charge in [-0.1, -0.05) is 11.6 Å². The first kappa shape index (κ1) is 25.9. The summed E-state index contributed by atoms with van der Waals surface area (Å²) < 4.78 is 25.1. The zero-order chi connectivity index (χ0) is 25.0. The lowest BCUT2D eigenvalue weighted by Gasteiger charge is -2.36. The van der Waals surface area contributed by atoms with Crippen LogP contribution in [0.2, 0.25) is 5.02 Å². The van der Waals surface area contributed by atoms with E-state index in [-0.39, 0.29) is 11.9 Å². The van der Waals surface area contributed by atoms with Crippen LogP contribution in [-0.2, 0) is 16.4 Å². The molecule has 1 fully saturated rings. The Morgan fingerprint density at radius 2 is 1.83 bits per heavy atom. The average Bonchev–Trinajstić information content (AvgIpc) is 2.99. The topological polar surface area (TPSA) is 85.8 Å². The zero-order valence-corrected chi connectivity index (χ0v) is 22.0. The van der Waals surface area contributed by atoms with E-state index in [9.17, 15) is 13.2 Å². The quantitative estimate of drug-likeness (QED) is 0.573. The third-order valence-corrected chi connectivity index (χ3v) is 8.63. The summed E-state index contributed by atoms with van der Waals surface area (Å²) in [5.41, 5.74) is 2.57. The van der Waals surface area contributed by atoms with E-state index in [4.69, 9.17) is 11.6 Å². The monoisotopic (exact) mass is 519 g/mol. The standard InChI is InChI=1S/C25H34ClN5O3S/c1-29(35(2,33)34)21-11-17-30(18-12-21)14-4-16-31-15-3-5-22-23(25(31)32)10-13-27-24(22)28-20-8-6-19(26)7-9-20/h6-10,13,21H,3-5,11-12,14-18H2,1-2H3,(H,27,28). The van der Waals surface area contributed by atoms with E-state index in [0.717, 1.165) is 80.9 Å². The van der Waals surface area contributed by atoms with Crippen molar-refractivity contribution in [1.29, 1.82) is 0 Å². The van der Waals surface area contributed by atoms with Gasteiger partial charge in [0.05, 0.1) is 6.26 Å². The number of piperidine rings is 1. The number of pyridine rings is 1. The minimum absolute atomic E-state index is 0.0625. The molecule has 0 bridgehead atoms. The van der Waals surface area contributed by atoms with Gasteiger partial charge in [-0.2, -0.15) is 0 Å². The van der Waals surface area contributed by atoms with Crippen LogP contribution in [0.3, 0.4) is 0 Å². The Bertz CT molecular complexity index is 1130. The van der Waals surface area contributed by atoms with Crippen molar-refractivity contribution in [1.82, 2.24) is 19.1 Å². The smallest absolute Gasteiger partial charge is 0.254 e. The largest absolute Gasteiger partial charge is 0.340 e. The molecule has 35 heavy (non-hydrogen) atoms. The maximum Gasteiger partial charge on any atom is 0.254 e. The second-order valence-corrected chi connectivity index (χ2v) is 11.9. The van der Waals surface area contributed by atoms with Crippen LogP contribution in [0.25, 0.3) is 0 Å². The van der Waals surface area contributed by atoms with Crippen molar-refractivity contribution < 1.29 is 13.2 Å². The summed E-state index contributed by atoms with van der Waals surface area (Å²) >= 11 is 5.99. The minimum Gasteiger partial charge on any atom is -0.340 e. The second kappa shape index (κ2) is 11.2. The molecule has 2 aliphatic rings. The number of nitrogens with zero attached hydrogens (tertiary/aromatic N) is 4. The van der Waals surface area contributed by atoms with Gasteiger partial charge in [-0.15, -0.1) is 0 Å². The van der Waals surface area contributed by atoms with Crippen molar-refractivity contribution in [2.24, 2.45) is 0 Å². The number of likely N-dealkylation sites (tertiary alicyclic amines) is 1. The molecule has 8 nitrogen and oxygen atoms in total. The molecule has 0 aliphatic carbocycles. The van der Waals surface area contributed by atoms with Crippen molar-refractivity contribution in [3.05, 3.63) is 52.7 Å². The Kier molecular flexibility index (Phi) is 8.31. The fourth-order valence-electron chi connectivity index (χ4n) is 4.92. The molecule has 1 aromatic heterocycles. The van der Waals surface area contributed by atoms with Gasteiger partial charge >= 0.3 is 0 Å². The van der Waals surface area contributed by atoms with Gasteiger partial charge in [-0.05, 0) is 82.1 Å². The maximum absolute atomic E-state index is 13.4. The van der Waals surface area contributed by atoms with E-state index in [0.29, 0.717) is 11.6 Å². The number of rotatable bonds is 8. The molecule has 190 valence electrons. The van der Waals surface area contributed by atoms with Crippen molar-refractivity contribution in [2.45, 2.75) is 38.1 Å². The van der Waals surface area contributed by atoms with Crippen LogP contribution in [0, 0.1) is 0 Å². The molecule has 2 aliphatic heterocycles. The predicted octanol–water partition coefficient (Wildman–Crippen LogP) is 3.61. The lowest BCUT2D eigenvalue weighted by atomic mass is 10.0. The van der Waals surface area contributed by atoms with Gasteiger partial charge in [-0.3, -0.25) is 4.79 Å². The van der Waals surface area contributed by atoms with Crippen molar-refractivity contribution in [2.75, 3.05) is 51.3 Å². The molecule has 2 aromatic rings. The van der Waals surface area contributed by atoms with Gasteiger partial charge in [0.1, 0.15) is 5.82 Å². The number of aromatic nitrogens is 1. The molecule has 0 atom stereocenters. The Balaban J connectivity index is 1.32. The van der Waals surface area contributed by atoms with Crippen molar-refractivity contribution >= 4 is 39.0 Å². The second-order valence-electron chi connectivity index (χ2n) is 9.42. The predicted molar refractivity (Wildman–Crippen MR) is 140 cm³/mol. The number of carbonyl (C=O) groups is 1. The highest BCUT2D eigenvalue weighted by Gasteiger charge is 2.28. The molecule has 1 aromatic carbocycles. The number of benzene rings is 1. The molecular weight excluding hydrogens is 486 g/mol. The van der Waals surface area contributed by atoms with Crippen LogP contribution in [0.5, 0.6) is 0 Å². The fraction of sp³-hybridized carbons (Fsp3) is 0.520. The van der Waals surface area contributed by atoms with Crippen LogP contribution in [-0.4, -0.2) is 85.5 Å². The van der Waals surface area contributed by atoms with Gasteiger partial charge < -0.3 is 15.1 Å². The number of carbonyl (C=O) groups excluding carboxylic acids is 1. The highest BCUT2D eigenvalue weighted by atomic mass is 35.5. The SMILES string of the molecule is CN(C1CCN(CCCN2CCCc3c(ccnc3Nc3ccc(Cl)cc3)C2=O)CC1)S(C)(=O)=O. The van der Waals surface area contributed by atoms with Crippen LogP contribution < -0.4 is 5.32 Å². The number of hydrogen-bond acceptors (Lipinski definition) is 6. The first-order valence-corrected chi connectivity index (χ1v) is 14.4. The van der Waals surface area contributed by atoms with E-state index >= 15 is 0 Å². The van der Waals surface area contributed by atoms with E-state index in [1.807, 2.05) is 35.2 Å². The normalized spacial score (nSPS) is 17.9. The van der Waals surface area contributed by atoms with E-state index < -0.39 is 10.0 Å². The first-order valence-electron chi connectivity index (χ1n) is 12.2. The van der Waals surface area contributed by atoms with Crippen LogP contribution in [0.4, 0.5) is 11.5 Å². The number of hydrogen-bond donors (Lipinski definition) is 1. The molecule has 10 heteroatoms. The first-order chi connectivity index (χ1) is 16.7. The highest BCUT2D eigenvalue weighted by Crippen LogP contribution is 2.27. The summed E-state index contributed by atoms with van der Waals surface area (Å²) in [5, 5.41) is 4.01. The Morgan fingerprint density at radius 1 is 1.11 bits per heavy atom. The molecular formula is C25H34ClN5O3S. The Hall–Kier alpha value is -2.20. The lowest BCUT2D eigenvalue weighted by Crippen LogP contribution is -2.45. The van der Waals surface area contributed by atoms with Crippen LogP contribution >= 0.6 is 11.6 Å². The third kappa shape index (κ3) is 6.52. The summed E-state index contributed by atoms with van der Waals surface area (Å²) in [6.45, 7) is 4.11. The van der Waals surface area contributed by atoms with Gasteiger partial charge in [0.25, 0.3) is 5.91 Å². The molecule has 0 spiro atoms. The molecule has 0 saturated carbocycles. The molecule has 4 rings (SSSR count). The van der Waals surface area contributed by atoms with Gasteiger partial charge in [0.15, 0.2) is 0 Å². The molecule has 3 heterocycles. The van der Waals surface area contributed by atoms with Crippen LogP contribution in [0.15, 0.2) is 36.5 Å². The summed E-state index contributed by atoms with van der Waals surface area (Å²) in [5.74, 6) is 0.787. The third-order valence-electron chi connectivity index (χ3n) is 7.03.